The summed E-state index contributed by atoms with van der Waals surface area (Å²) in [5.74, 6) is 1.85. The van der Waals surface area contributed by atoms with Crippen molar-refractivity contribution >= 4 is 10.8 Å². The minimum atomic E-state index is -0.933. The minimum absolute atomic E-state index is 0.237. The van der Waals surface area contributed by atoms with Gasteiger partial charge in [-0.05, 0) is 47.2 Å². The van der Waals surface area contributed by atoms with Crippen molar-refractivity contribution < 1.29 is 19.1 Å². The fourth-order valence-corrected chi connectivity index (χ4v) is 7.49. The van der Waals surface area contributed by atoms with E-state index in [0.717, 1.165) is 54.8 Å². The molecule has 2 atom stereocenters. The molecule has 3 heterocycles. The Hall–Kier alpha value is -2.40. The molecule has 196 valence electrons. The van der Waals surface area contributed by atoms with Crippen molar-refractivity contribution in [1.82, 2.24) is 0 Å². The zero-order valence-corrected chi connectivity index (χ0v) is 22.1. The molecule has 3 aliphatic heterocycles. The van der Waals surface area contributed by atoms with Crippen molar-refractivity contribution in [3.05, 3.63) is 78.4 Å². The molecule has 1 saturated carbocycles. The van der Waals surface area contributed by atoms with Crippen LogP contribution in [0.5, 0.6) is 5.75 Å². The third kappa shape index (κ3) is 5.16. The molecule has 0 spiro atoms. The lowest BCUT2D eigenvalue weighted by Gasteiger charge is -2.53. The lowest BCUT2D eigenvalue weighted by Crippen LogP contribution is -2.65. The highest BCUT2D eigenvalue weighted by atomic mass is 16.5. The van der Waals surface area contributed by atoms with E-state index in [0.29, 0.717) is 12.5 Å². The van der Waals surface area contributed by atoms with Crippen LogP contribution in [0.2, 0.25) is 0 Å². The average Bonchev–Trinajstić information content (AvgIpc) is 3.51. The summed E-state index contributed by atoms with van der Waals surface area (Å²) in [6.45, 7) is 5.91. The van der Waals surface area contributed by atoms with E-state index >= 15 is 0 Å². The summed E-state index contributed by atoms with van der Waals surface area (Å²) in [4.78, 5) is 0. The topological polar surface area (TPSA) is 38.7 Å². The van der Waals surface area contributed by atoms with E-state index in [9.17, 15) is 5.11 Å². The predicted octanol–water partition coefficient (Wildman–Crippen LogP) is 6.31. The molecule has 4 aliphatic rings. The van der Waals surface area contributed by atoms with Gasteiger partial charge in [0.2, 0.25) is 0 Å². The second kappa shape index (κ2) is 10.8. The van der Waals surface area contributed by atoms with Crippen LogP contribution >= 0.6 is 0 Å². The molecule has 3 aromatic carbocycles. The molecule has 2 unspecified atom stereocenters. The molecule has 0 amide bonds. The Bertz CT molecular complexity index is 1160. The summed E-state index contributed by atoms with van der Waals surface area (Å²) >= 11 is 0. The van der Waals surface area contributed by atoms with Crippen molar-refractivity contribution in [1.29, 1.82) is 0 Å². The van der Waals surface area contributed by atoms with Crippen LogP contribution in [0.1, 0.15) is 50.5 Å². The number of aliphatic hydroxyl groups is 1. The van der Waals surface area contributed by atoms with E-state index < -0.39 is 5.60 Å². The summed E-state index contributed by atoms with van der Waals surface area (Å²) < 4.78 is 13.9. The molecule has 4 nitrogen and oxygen atoms in total. The van der Waals surface area contributed by atoms with E-state index in [2.05, 4.69) is 42.5 Å². The van der Waals surface area contributed by atoms with Gasteiger partial charge in [-0.2, -0.15) is 0 Å². The van der Waals surface area contributed by atoms with Crippen LogP contribution in [0.3, 0.4) is 0 Å². The minimum Gasteiger partial charge on any atom is -0.493 e. The number of hydrogen-bond acceptors (Lipinski definition) is 3. The molecule has 0 radical (unpaired) electrons. The smallest absolute Gasteiger partial charge is 0.119 e. The number of benzene rings is 3. The summed E-state index contributed by atoms with van der Waals surface area (Å²) in [7, 11) is 0. The van der Waals surface area contributed by atoms with Crippen molar-refractivity contribution in [3.8, 4) is 5.75 Å². The van der Waals surface area contributed by atoms with Gasteiger partial charge in [-0.15, -0.1) is 0 Å². The third-order valence-electron chi connectivity index (χ3n) is 9.63. The van der Waals surface area contributed by atoms with Crippen LogP contribution in [0, 0.1) is 11.8 Å². The van der Waals surface area contributed by atoms with E-state index in [1.54, 1.807) is 0 Å². The molecule has 0 aromatic heterocycles. The summed E-state index contributed by atoms with van der Waals surface area (Å²) in [6.07, 6.45) is 8.34. The van der Waals surface area contributed by atoms with Crippen molar-refractivity contribution in [2.24, 2.45) is 11.8 Å². The number of fused-ring (bicyclic) bond motifs is 4. The van der Waals surface area contributed by atoms with Gasteiger partial charge in [-0.3, -0.25) is 0 Å². The molecule has 1 aliphatic carbocycles. The molecule has 37 heavy (non-hydrogen) atoms. The summed E-state index contributed by atoms with van der Waals surface area (Å²) in [6, 6.07) is 25.0. The first-order valence-corrected chi connectivity index (χ1v) is 14.5. The molecular formula is C33H42NO3+. The fourth-order valence-electron chi connectivity index (χ4n) is 7.49. The van der Waals surface area contributed by atoms with E-state index in [-0.39, 0.29) is 12.0 Å². The maximum atomic E-state index is 12.4. The molecule has 1 N–H and O–H groups in total. The summed E-state index contributed by atoms with van der Waals surface area (Å²) in [5, 5.41) is 14.7. The van der Waals surface area contributed by atoms with Gasteiger partial charge in [0.05, 0.1) is 32.8 Å². The lowest BCUT2D eigenvalue weighted by atomic mass is 9.78. The number of piperidine rings is 3. The number of hydrogen-bond donors (Lipinski definition) is 1. The Morgan fingerprint density at radius 3 is 2.38 bits per heavy atom. The van der Waals surface area contributed by atoms with Gasteiger partial charge in [-0.25, -0.2) is 0 Å². The normalized spacial score (nSPS) is 27.4. The Labute approximate surface area is 221 Å². The number of rotatable bonds is 10. The van der Waals surface area contributed by atoms with Gasteiger partial charge in [0.15, 0.2) is 0 Å². The highest BCUT2D eigenvalue weighted by Gasteiger charge is 2.48. The van der Waals surface area contributed by atoms with Crippen LogP contribution in [-0.2, 0) is 10.3 Å². The summed E-state index contributed by atoms with van der Waals surface area (Å²) in [5.41, 5.74) is 0.123. The molecule has 4 heteroatoms. The van der Waals surface area contributed by atoms with Gasteiger partial charge < -0.3 is 19.1 Å². The third-order valence-corrected chi connectivity index (χ3v) is 9.63. The number of para-hydroxylation sites is 1. The monoisotopic (exact) mass is 500 g/mol. The molecule has 4 fully saturated rings. The fraction of sp³-hybridized carbons (Fsp3) is 0.515. The standard InChI is InChI=1S/C33H42NO3/c35-33(28-12-5-6-13-28,31-17-8-11-26-10-4-7-16-30(26)31)25-37-32-24-34(21-18-27(32)19-22-34)20-9-23-36-29-14-2-1-3-15-29/h1-4,7-8,10-11,14-17,27-28,32,35H,5-6,9,12-13,18-25H2/q+1. The average molecular weight is 501 g/mol. The Kier molecular flexibility index (Phi) is 7.25. The maximum absolute atomic E-state index is 12.4. The first-order valence-electron chi connectivity index (χ1n) is 14.5. The molecule has 7 rings (SSSR count). The van der Waals surface area contributed by atoms with Crippen LogP contribution in [0.15, 0.2) is 72.8 Å². The van der Waals surface area contributed by atoms with E-state index in [4.69, 9.17) is 9.47 Å². The van der Waals surface area contributed by atoms with Crippen LogP contribution in [0.25, 0.3) is 10.8 Å². The highest BCUT2D eigenvalue weighted by molar-refractivity contribution is 5.86. The molecule has 3 saturated heterocycles. The van der Waals surface area contributed by atoms with Crippen LogP contribution in [-0.4, -0.2) is 55.1 Å². The number of quaternary nitrogens is 1. The SMILES string of the molecule is OC(COC1C[N+]2(CCCOc3ccccc3)CCC1CC2)(c1cccc2ccccc12)C1CCCC1. The lowest BCUT2D eigenvalue weighted by molar-refractivity contribution is -0.946. The van der Waals surface area contributed by atoms with Crippen molar-refractivity contribution in [2.75, 3.05) is 39.4 Å². The van der Waals surface area contributed by atoms with Gasteiger partial charge in [-0.1, -0.05) is 73.5 Å². The largest absolute Gasteiger partial charge is 0.493 e. The van der Waals surface area contributed by atoms with Crippen LogP contribution in [0.4, 0.5) is 0 Å². The number of ether oxygens (including phenoxy) is 2. The molecular weight excluding hydrogens is 458 g/mol. The van der Waals surface area contributed by atoms with E-state index in [1.807, 2.05) is 30.3 Å². The van der Waals surface area contributed by atoms with Gasteiger partial charge in [0.25, 0.3) is 0 Å². The Balaban J connectivity index is 1.14. The first kappa shape index (κ1) is 24.9. The van der Waals surface area contributed by atoms with Crippen molar-refractivity contribution in [3.63, 3.8) is 0 Å². The quantitative estimate of drug-likeness (QED) is 0.262. The Morgan fingerprint density at radius 1 is 0.838 bits per heavy atom. The predicted molar refractivity (Wildman–Crippen MR) is 149 cm³/mol. The maximum Gasteiger partial charge on any atom is 0.119 e. The van der Waals surface area contributed by atoms with Gasteiger partial charge >= 0.3 is 0 Å². The first-order chi connectivity index (χ1) is 18.2. The second-order valence-corrected chi connectivity index (χ2v) is 11.8. The number of nitrogens with zero attached hydrogens (tertiary/aromatic N) is 1. The second-order valence-electron chi connectivity index (χ2n) is 11.8. The van der Waals surface area contributed by atoms with Gasteiger partial charge in [0, 0.05) is 25.2 Å². The molecule has 3 aromatic rings. The van der Waals surface area contributed by atoms with Gasteiger partial charge in [0.1, 0.15) is 24.0 Å². The Morgan fingerprint density at radius 2 is 1.57 bits per heavy atom. The van der Waals surface area contributed by atoms with E-state index in [1.165, 1.54) is 49.5 Å². The highest BCUT2D eigenvalue weighted by Crippen LogP contribution is 2.44. The molecule has 2 bridgehead atoms. The zero-order chi connectivity index (χ0) is 25.1. The van der Waals surface area contributed by atoms with Crippen LogP contribution < -0.4 is 4.74 Å². The zero-order valence-electron chi connectivity index (χ0n) is 22.1. The van der Waals surface area contributed by atoms with Crippen molar-refractivity contribution in [2.45, 2.75) is 56.7 Å².